The molecule has 1 aromatic heterocycles. The molecule has 16 heavy (non-hydrogen) atoms. The van der Waals surface area contributed by atoms with Crippen LogP contribution in [-0.4, -0.2) is 28.8 Å². The van der Waals surface area contributed by atoms with Gasteiger partial charge in [-0.25, -0.2) is 0 Å². The number of amides is 1. The Morgan fingerprint density at radius 1 is 1.50 bits per heavy atom. The van der Waals surface area contributed by atoms with Crippen LogP contribution in [0.5, 0.6) is 0 Å². The first-order valence-electron chi connectivity index (χ1n) is 4.99. The first-order chi connectivity index (χ1) is 7.74. The summed E-state index contributed by atoms with van der Waals surface area (Å²) in [6.45, 7) is 0.514. The van der Waals surface area contributed by atoms with Crippen molar-refractivity contribution in [3.63, 3.8) is 0 Å². The van der Waals surface area contributed by atoms with Gasteiger partial charge in [-0.15, -0.1) is 0 Å². The maximum atomic E-state index is 11.5. The molecule has 4 nitrogen and oxygen atoms in total. The summed E-state index contributed by atoms with van der Waals surface area (Å²) in [5, 5.41) is 2.89. The van der Waals surface area contributed by atoms with Crippen molar-refractivity contribution in [2.45, 2.75) is 12.8 Å². The van der Waals surface area contributed by atoms with E-state index >= 15 is 0 Å². The van der Waals surface area contributed by atoms with Crippen molar-refractivity contribution in [1.82, 2.24) is 10.3 Å². The number of thioether (sulfide) groups is 1. The summed E-state index contributed by atoms with van der Waals surface area (Å²) in [7, 11) is 0. The summed E-state index contributed by atoms with van der Waals surface area (Å²) < 4.78 is 0. The molecule has 0 saturated carbocycles. The molecule has 1 aromatic rings. The van der Waals surface area contributed by atoms with Gasteiger partial charge in [0.15, 0.2) is 5.12 Å². The van der Waals surface area contributed by atoms with Crippen molar-refractivity contribution in [2.24, 2.45) is 0 Å². The molecule has 0 aromatic carbocycles. The molecule has 0 radical (unpaired) electrons. The lowest BCUT2D eigenvalue weighted by Crippen LogP contribution is -2.24. The van der Waals surface area contributed by atoms with Crippen LogP contribution in [0.25, 0.3) is 0 Å². The van der Waals surface area contributed by atoms with E-state index in [0.29, 0.717) is 24.9 Å². The number of hydrogen-bond acceptors (Lipinski definition) is 4. The molecule has 1 N–H and O–H groups in total. The van der Waals surface area contributed by atoms with Gasteiger partial charge in [-0.2, -0.15) is 0 Å². The minimum absolute atomic E-state index is 0.148. The average molecular weight is 238 g/mol. The third kappa shape index (κ3) is 4.44. The Hall–Kier alpha value is -1.36. The van der Waals surface area contributed by atoms with Gasteiger partial charge < -0.3 is 5.32 Å². The first kappa shape index (κ1) is 12.7. The van der Waals surface area contributed by atoms with Crippen LogP contribution < -0.4 is 5.32 Å². The van der Waals surface area contributed by atoms with Crippen molar-refractivity contribution in [2.75, 3.05) is 12.8 Å². The van der Waals surface area contributed by atoms with Crippen molar-refractivity contribution >= 4 is 22.8 Å². The molecule has 0 aliphatic carbocycles. The minimum atomic E-state index is -0.148. The molecule has 1 amide bonds. The normalized spacial score (nSPS) is 9.81. The molecule has 0 bridgehead atoms. The molecule has 0 unspecified atom stereocenters. The van der Waals surface area contributed by atoms with E-state index < -0.39 is 0 Å². The van der Waals surface area contributed by atoms with E-state index in [-0.39, 0.29) is 11.0 Å². The van der Waals surface area contributed by atoms with Crippen LogP contribution in [0, 0.1) is 0 Å². The molecule has 0 fully saturated rings. The zero-order chi connectivity index (χ0) is 11.8. The van der Waals surface area contributed by atoms with E-state index in [0.717, 1.165) is 0 Å². The molecule has 1 heterocycles. The molecule has 1 rings (SSSR count). The molecule has 86 valence electrons. The van der Waals surface area contributed by atoms with E-state index in [2.05, 4.69) is 10.3 Å². The van der Waals surface area contributed by atoms with Gasteiger partial charge in [0.05, 0.1) is 5.56 Å². The summed E-state index contributed by atoms with van der Waals surface area (Å²) in [5.41, 5.74) is 0.540. The number of aromatic nitrogens is 1. The fourth-order valence-electron chi connectivity index (χ4n) is 1.14. The van der Waals surface area contributed by atoms with E-state index in [1.807, 2.05) is 0 Å². The van der Waals surface area contributed by atoms with Crippen molar-refractivity contribution < 1.29 is 9.59 Å². The van der Waals surface area contributed by atoms with Crippen LogP contribution in [0.4, 0.5) is 0 Å². The van der Waals surface area contributed by atoms with Crippen molar-refractivity contribution in [1.29, 1.82) is 0 Å². The number of carbonyl (C=O) groups is 2. The predicted molar refractivity (Wildman–Crippen MR) is 64.3 cm³/mol. The second-order valence-electron chi connectivity index (χ2n) is 3.18. The Labute approximate surface area is 98.8 Å². The highest BCUT2D eigenvalue weighted by Gasteiger charge is 2.04. The SMILES string of the molecule is CSC(=O)CCCNC(=O)c1cccnc1. The summed E-state index contributed by atoms with van der Waals surface area (Å²) >= 11 is 1.22. The minimum Gasteiger partial charge on any atom is -0.352 e. The van der Waals surface area contributed by atoms with Gasteiger partial charge in [0.1, 0.15) is 0 Å². The smallest absolute Gasteiger partial charge is 0.252 e. The zero-order valence-electron chi connectivity index (χ0n) is 9.10. The maximum Gasteiger partial charge on any atom is 0.252 e. The number of nitrogens with one attached hydrogen (secondary N) is 1. The Morgan fingerprint density at radius 2 is 2.31 bits per heavy atom. The van der Waals surface area contributed by atoms with Gasteiger partial charge in [0, 0.05) is 25.4 Å². The fourth-order valence-corrected chi connectivity index (χ4v) is 1.48. The molecule has 0 spiro atoms. The second kappa shape index (κ2) is 7.00. The number of nitrogens with zero attached hydrogens (tertiary/aromatic N) is 1. The van der Waals surface area contributed by atoms with Crippen LogP contribution in [-0.2, 0) is 4.79 Å². The molecule has 5 heteroatoms. The van der Waals surface area contributed by atoms with Gasteiger partial charge >= 0.3 is 0 Å². The lowest BCUT2D eigenvalue weighted by atomic mass is 10.2. The Kier molecular flexibility index (Phi) is 5.56. The molecular weight excluding hydrogens is 224 g/mol. The highest BCUT2D eigenvalue weighted by atomic mass is 32.2. The van der Waals surface area contributed by atoms with Crippen LogP contribution in [0.2, 0.25) is 0 Å². The van der Waals surface area contributed by atoms with Gasteiger partial charge in [-0.3, -0.25) is 14.6 Å². The number of hydrogen-bond donors (Lipinski definition) is 1. The van der Waals surface area contributed by atoms with E-state index in [4.69, 9.17) is 0 Å². The van der Waals surface area contributed by atoms with Crippen LogP contribution in [0.15, 0.2) is 24.5 Å². The van der Waals surface area contributed by atoms with Gasteiger partial charge in [-0.1, -0.05) is 11.8 Å². The number of pyridine rings is 1. The van der Waals surface area contributed by atoms with E-state index in [9.17, 15) is 9.59 Å². The summed E-state index contributed by atoms with van der Waals surface area (Å²) in [4.78, 5) is 26.3. The number of carbonyl (C=O) groups excluding carboxylic acids is 2. The third-order valence-electron chi connectivity index (χ3n) is 1.99. The molecule has 0 saturated heterocycles. The summed E-state index contributed by atoms with van der Waals surface area (Å²) in [6.07, 6.45) is 6.06. The van der Waals surface area contributed by atoms with Crippen LogP contribution in [0.1, 0.15) is 23.2 Å². The van der Waals surface area contributed by atoms with Gasteiger partial charge in [0.25, 0.3) is 5.91 Å². The van der Waals surface area contributed by atoms with Crippen LogP contribution in [0.3, 0.4) is 0 Å². The predicted octanol–water partition coefficient (Wildman–Crippen LogP) is 1.48. The van der Waals surface area contributed by atoms with Gasteiger partial charge in [-0.05, 0) is 24.8 Å². The van der Waals surface area contributed by atoms with Crippen LogP contribution >= 0.6 is 11.8 Å². The average Bonchev–Trinajstić information content (AvgIpc) is 2.35. The second-order valence-corrected chi connectivity index (χ2v) is 4.04. The molecule has 0 aliphatic heterocycles. The highest BCUT2D eigenvalue weighted by Crippen LogP contribution is 2.02. The summed E-state index contributed by atoms with van der Waals surface area (Å²) in [6, 6.07) is 3.42. The van der Waals surface area contributed by atoms with Gasteiger partial charge in [0.2, 0.25) is 0 Å². The lowest BCUT2D eigenvalue weighted by Gasteiger charge is -2.03. The standard InChI is InChI=1S/C11H14N2O2S/c1-16-10(14)5-3-7-13-11(15)9-4-2-6-12-8-9/h2,4,6,8H,3,5,7H2,1H3,(H,13,15). The third-order valence-corrected chi connectivity index (χ3v) is 2.65. The van der Waals surface area contributed by atoms with E-state index in [1.54, 1.807) is 24.6 Å². The molecule has 0 aliphatic rings. The zero-order valence-corrected chi connectivity index (χ0v) is 9.92. The topological polar surface area (TPSA) is 59.1 Å². The Balaban J connectivity index is 2.24. The lowest BCUT2D eigenvalue weighted by molar-refractivity contribution is -0.111. The number of rotatable bonds is 5. The summed E-state index contributed by atoms with van der Waals surface area (Å²) in [5.74, 6) is -0.148. The van der Waals surface area contributed by atoms with E-state index in [1.165, 1.54) is 18.0 Å². The molecular formula is C11H14N2O2S. The fraction of sp³-hybridized carbons (Fsp3) is 0.364. The largest absolute Gasteiger partial charge is 0.352 e. The quantitative estimate of drug-likeness (QED) is 0.789. The molecule has 0 atom stereocenters. The van der Waals surface area contributed by atoms with Crippen molar-refractivity contribution in [3.05, 3.63) is 30.1 Å². The Morgan fingerprint density at radius 3 is 2.94 bits per heavy atom. The maximum absolute atomic E-state index is 11.5. The van der Waals surface area contributed by atoms with Crippen molar-refractivity contribution in [3.8, 4) is 0 Å². The Bertz CT molecular complexity index is 354. The highest BCUT2D eigenvalue weighted by molar-refractivity contribution is 8.13. The first-order valence-corrected chi connectivity index (χ1v) is 6.21. The monoisotopic (exact) mass is 238 g/mol.